The molecule has 0 aromatic heterocycles. The van der Waals surface area contributed by atoms with E-state index in [-0.39, 0.29) is 17.7 Å². The van der Waals surface area contributed by atoms with Crippen molar-refractivity contribution in [1.82, 2.24) is 0 Å². The molecule has 1 aliphatic carbocycles. The monoisotopic (exact) mass is 458 g/mol. The SMILES string of the molecule is C=C(C)C(=O)Nc1ccc(Cl)c(Cl)c1.O=C(Nc1ccc(Cl)c(Cl)c1)C1CC1. The van der Waals surface area contributed by atoms with E-state index >= 15 is 0 Å². The number of nitrogens with one attached hydrogen (secondary N) is 2. The molecular weight excluding hydrogens is 442 g/mol. The number of halogens is 4. The van der Waals surface area contributed by atoms with Crippen LogP contribution in [-0.4, -0.2) is 11.8 Å². The summed E-state index contributed by atoms with van der Waals surface area (Å²) in [6.45, 7) is 5.15. The molecule has 28 heavy (non-hydrogen) atoms. The quantitative estimate of drug-likeness (QED) is 0.491. The Balaban J connectivity index is 0.000000200. The first-order chi connectivity index (χ1) is 13.2. The summed E-state index contributed by atoms with van der Waals surface area (Å²) < 4.78 is 0. The van der Waals surface area contributed by atoms with E-state index in [0.717, 1.165) is 12.8 Å². The van der Waals surface area contributed by atoms with Crippen molar-refractivity contribution >= 4 is 69.6 Å². The summed E-state index contributed by atoms with van der Waals surface area (Å²) >= 11 is 23.0. The number of benzene rings is 2. The molecule has 3 rings (SSSR count). The van der Waals surface area contributed by atoms with Gasteiger partial charge in [-0.05, 0) is 56.2 Å². The molecule has 0 spiro atoms. The van der Waals surface area contributed by atoms with E-state index in [1.165, 1.54) is 0 Å². The van der Waals surface area contributed by atoms with Crippen LogP contribution >= 0.6 is 46.4 Å². The van der Waals surface area contributed by atoms with Gasteiger partial charge in [-0.1, -0.05) is 53.0 Å². The van der Waals surface area contributed by atoms with Gasteiger partial charge in [-0.2, -0.15) is 0 Å². The standard InChI is InChI=1S/2C10H9Cl2NO/c11-8-4-3-7(5-9(8)12)13-10(14)6-1-2-6;1-6(2)10(14)13-7-3-4-8(11)9(12)5-7/h3-6H,1-2H2,(H,13,14);3-5H,1H2,2H3,(H,13,14). The van der Waals surface area contributed by atoms with Gasteiger partial charge in [0, 0.05) is 22.9 Å². The summed E-state index contributed by atoms with van der Waals surface area (Å²) in [5.41, 5.74) is 1.75. The van der Waals surface area contributed by atoms with Crippen molar-refractivity contribution in [3.05, 3.63) is 68.6 Å². The zero-order valence-corrected chi connectivity index (χ0v) is 18.0. The summed E-state index contributed by atoms with van der Waals surface area (Å²) in [5, 5.41) is 7.24. The molecule has 4 nitrogen and oxygen atoms in total. The Kier molecular flexibility index (Phi) is 8.20. The van der Waals surface area contributed by atoms with Crippen LogP contribution in [0.25, 0.3) is 0 Å². The maximum atomic E-state index is 11.4. The lowest BCUT2D eigenvalue weighted by atomic mass is 10.3. The second kappa shape index (κ2) is 10.2. The van der Waals surface area contributed by atoms with Crippen LogP contribution in [-0.2, 0) is 9.59 Å². The van der Waals surface area contributed by atoms with E-state index in [1.54, 1.807) is 43.3 Å². The molecule has 2 amide bonds. The largest absolute Gasteiger partial charge is 0.326 e. The first-order valence-corrected chi connectivity index (χ1v) is 9.86. The van der Waals surface area contributed by atoms with Crippen LogP contribution in [0.15, 0.2) is 48.6 Å². The van der Waals surface area contributed by atoms with Crippen molar-refractivity contribution in [1.29, 1.82) is 0 Å². The Bertz CT molecular complexity index is 911. The van der Waals surface area contributed by atoms with Gasteiger partial charge in [0.15, 0.2) is 0 Å². The number of hydrogen-bond acceptors (Lipinski definition) is 2. The Hall–Kier alpha value is -1.72. The summed E-state index contributed by atoms with van der Waals surface area (Å²) in [6, 6.07) is 9.96. The van der Waals surface area contributed by atoms with E-state index in [0.29, 0.717) is 37.0 Å². The highest BCUT2D eigenvalue weighted by molar-refractivity contribution is 6.42. The van der Waals surface area contributed by atoms with Crippen LogP contribution in [0.4, 0.5) is 11.4 Å². The van der Waals surface area contributed by atoms with E-state index in [9.17, 15) is 9.59 Å². The predicted octanol–water partition coefficient (Wildman–Crippen LogP) is 6.85. The van der Waals surface area contributed by atoms with Gasteiger partial charge in [0.25, 0.3) is 5.91 Å². The fourth-order valence-corrected chi connectivity index (χ4v) is 2.57. The highest BCUT2D eigenvalue weighted by atomic mass is 35.5. The molecule has 0 saturated heterocycles. The summed E-state index contributed by atoms with van der Waals surface area (Å²) in [5.74, 6) is 0.0382. The van der Waals surface area contributed by atoms with Crippen LogP contribution in [0, 0.1) is 5.92 Å². The number of hydrogen-bond donors (Lipinski definition) is 2. The van der Waals surface area contributed by atoms with Crippen molar-refractivity contribution in [2.24, 2.45) is 5.92 Å². The van der Waals surface area contributed by atoms with Crippen LogP contribution in [0.5, 0.6) is 0 Å². The lowest BCUT2D eigenvalue weighted by molar-refractivity contribution is -0.117. The highest BCUT2D eigenvalue weighted by Gasteiger charge is 2.29. The van der Waals surface area contributed by atoms with Crippen LogP contribution in [0.3, 0.4) is 0 Å². The molecule has 0 atom stereocenters. The first-order valence-electron chi connectivity index (χ1n) is 8.35. The minimum atomic E-state index is -0.233. The summed E-state index contributed by atoms with van der Waals surface area (Å²) in [7, 11) is 0. The molecule has 2 N–H and O–H groups in total. The topological polar surface area (TPSA) is 58.2 Å². The van der Waals surface area contributed by atoms with Gasteiger partial charge in [0.05, 0.1) is 20.1 Å². The minimum Gasteiger partial charge on any atom is -0.326 e. The molecule has 0 aliphatic heterocycles. The average molecular weight is 460 g/mol. The lowest BCUT2D eigenvalue weighted by Crippen LogP contribution is -2.13. The van der Waals surface area contributed by atoms with E-state index in [4.69, 9.17) is 46.4 Å². The predicted molar refractivity (Wildman–Crippen MR) is 118 cm³/mol. The molecule has 0 heterocycles. The minimum absolute atomic E-state index is 0.0726. The van der Waals surface area contributed by atoms with Crippen LogP contribution in [0.1, 0.15) is 19.8 Å². The van der Waals surface area contributed by atoms with Gasteiger partial charge in [0.2, 0.25) is 5.91 Å². The van der Waals surface area contributed by atoms with Gasteiger partial charge in [-0.15, -0.1) is 0 Å². The Labute approximate surface area is 183 Å². The van der Waals surface area contributed by atoms with Gasteiger partial charge >= 0.3 is 0 Å². The van der Waals surface area contributed by atoms with E-state index in [1.807, 2.05) is 0 Å². The number of carbonyl (C=O) groups is 2. The third kappa shape index (κ3) is 7.02. The number of anilines is 2. The Morgan fingerprint density at radius 3 is 1.71 bits per heavy atom. The number of rotatable bonds is 4. The fourth-order valence-electron chi connectivity index (χ4n) is 1.98. The van der Waals surface area contributed by atoms with Crippen LogP contribution in [0.2, 0.25) is 20.1 Å². The van der Waals surface area contributed by atoms with Gasteiger partial charge in [-0.3, -0.25) is 9.59 Å². The normalized spacial score (nSPS) is 12.5. The Morgan fingerprint density at radius 2 is 1.32 bits per heavy atom. The molecule has 2 aromatic rings. The average Bonchev–Trinajstić information content (AvgIpc) is 3.47. The highest BCUT2D eigenvalue weighted by Crippen LogP contribution is 2.31. The van der Waals surface area contributed by atoms with Crippen molar-refractivity contribution in [3.63, 3.8) is 0 Å². The molecular formula is C20H18Cl4N2O2. The molecule has 0 radical (unpaired) electrons. The first kappa shape index (κ1) is 22.6. The molecule has 1 aliphatic rings. The number of amides is 2. The summed E-state index contributed by atoms with van der Waals surface area (Å²) in [6.07, 6.45) is 1.99. The summed E-state index contributed by atoms with van der Waals surface area (Å²) in [4.78, 5) is 22.6. The smallest absolute Gasteiger partial charge is 0.250 e. The van der Waals surface area contributed by atoms with Gasteiger partial charge < -0.3 is 10.6 Å². The molecule has 8 heteroatoms. The molecule has 2 aromatic carbocycles. The maximum Gasteiger partial charge on any atom is 0.250 e. The van der Waals surface area contributed by atoms with Crippen LogP contribution < -0.4 is 10.6 Å². The molecule has 148 valence electrons. The van der Waals surface area contributed by atoms with E-state index in [2.05, 4.69) is 17.2 Å². The lowest BCUT2D eigenvalue weighted by Gasteiger charge is -2.05. The number of carbonyl (C=O) groups excluding carboxylic acids is 2. The molecule has 0 bridgehead atoms. The van der Waals surface area contributed by atoms with Gasteiger partial charge in [-0.25, -0.2) is 0 Å². The second-order valence-electron chi connectivity index (χ2n) is 6.26. The zero-order chi connectivity index (χ0) is 20.8. The molecule has 1 saturated carbocycles. The molecule has 0 unspecified atom stereocenters. The zero-order valence-electron chi connectivity index (χ0n) is 15.0. The maximum absolute atomic E-state index is 11.4. The van der Waals surface area contributed by atoms with Gasteiger partial charge in [0.1, 0.15) is 0 Å². The second-order valence-corrected chi connectivity index (χ2v) is 7.88. The molecule has 1 fully saturated rings. The van der Waals surface area contributed by atoms with Crippen molar-refractivity contribution in [2.75, 3.05) is 10.6 Å². The third-order valence-electron chi connectivity index (χ3n) is 3.70. The van der Waals surface area contributed by atoms with Crippen molar-refractivity contribution in [3.8, 4) is 0 Å². The van der Waals surface area contributed by atoms with Crippen molar-refractivity contribution < 1.29 is 9.59 Å². The third-order valence-corrected chi connectivity index (χ3v) is 5.18. The fraction of sp³-hybridized carbons (Fsp3) is 0.200. The van der Waals surface area contributed by atoms with Crippen molar-refractivity contribution in [2.45, 2.75) is 19.8 Å². The van der Waals surface area contributed by atoms with E-state index < -0.39 is 0 Å². The Morgan fingerprint density at radius 1 is 0.857 bits per heavy atom.